The molecule has 5 atom stereocenters. The topological polar surface area (TPSA) is 129 Å². The number of amides is 1. The lowest BCUT2D eigenvalue weighted by molar-refractivity contribution is -0.134. The number of likely N-dealkylation sites (tertiary alicyclic amines) is 1. The van der Waals surface area contributed by atoms with Crippen molar-refractivity contribution in [2.24, 2.45) is 11.8 Å². The van der Waals surface area contributed by atoms with Gasteiger partial charge in [0.05, 0.1) is 63.5 Å². The lowest BCUT2D eigenvalue weighted by Crippen LogP contribution is -2.41. The normalized spacial score (nSPS) is 22.5. The molecule has 2 saturated carbocycles. The number of ether oxygens (including phenoxy) is 1. The van der Waals surface area contributed by atoms with E-state index in [0.29, 0.717) is 64.0 Å². The average molecular weight is 865 g/mol. The highest BCUT2D eigenvalue weighted by Gasteiger charge is 2.51. The predicted octanol–water partition coefficient (Wildman–Crippen LogP) is 9.61. The summed E-state index contributed by atoms with van der Waals surface area (Å²) in [4.78, 5) is 26.1. The molecule has 0 radical (unpaired) electrons. The second kappa shape index (κ2) is 15.2. The van der Waals surface area contributed by atoms with Crippen LogP contribution in [0.2, 0.25) is 10.0 Å². The maximum absolute atomic E-state index is 17.9. The van der Waals surface area contributed by atoms with Gasteiger partial charge in [0.15, 0.2) is 5.82 Å². The van der Waals surface area contributed by atoms with Gasteiger partial charge in [-0.3, -0.25) is 9.78 Å². The minimum atomic E-state index is -1.18. The third-order valence-corrected chi connectivity index (χ3v) is 14.6. The molecule has 6 aromatic rings. The van der Waals surface area contributed by atoms with E-state index < -0.39 is 11.4 Å². The Labute approximate surface area is 361 Å². The molecule has 60 heavy (non-hydrogen) atoms. The summed E-state index contributed by atoms with van der Waals surface area (Å²) < 4.78 is 31.4. The lowest BCUT2D eigenvalue weighted by Gasteiger charge is -2.39. The first-order chi connectivity index (χ1) is 28.9. The minimum Gasteiger partial charge on any atom is -0.384 e. The number of aryl methyl sites for hydroxylation is 2. The molecule has 1 amide bonds. The second-order valence-electron chi connectivity index (χ2n) is 17.4. The molecule has 308 valence electrons. The first-order valence-corrected chi connectivity index (χ1v) is 22.3. The summed E-state index contributed by atoms with van der Waals surface area (Å²) in [6.07, 6.45) is 5.28. The number of nitriles is 1. The van der Waals surface area contributed by atoms with Crippen molar-refractivity contribution in [2.45, 2.75) is 95.7 Å². The van der Waals surface area contributed by atoms with E-state index in [9.17, 15) is 15.2 Å². The van der Waals surface area contributed by atoms with Gasteiger partial charge in [-0.15, -0.1) is 0 Å². The first-order valence-electron chi connectivity index (χ1n) is 20.7. The monoisotopic (exact) mass is 863 g/mol. The SMILES string of the molecule is Cc1csnc1COC1CC(c2cc3c(-c4ccc(C(C)(C)O)nc4)nc4c(F)c(-c5cccc(Cl)c5Cl)c(CCC#N)cc4c3n2C2C3CNC2C3)N(C(=O)C2CC2)C1. The van der Waals surface area contributed by atoms with Gasteiger partial charge in [0.1, 0.15) is 11.1 Å². The van der Waals surface area contributed by atoms with Gasteiger partial charge in [-0.1, -0.05) is 35.3 Å². The van der Waals surface area contributed by atoms with Crippen LogP contribution in [0.5, 0.6) is 0 Å². The van der Waals surface area contributed by atoms with E-state index in [1.807, 2.05) is 29.3 Å². The Bertz CT molecular complexity index is 2720. The molecule has 14 heteroatoms. The molecule has 2 N–H and O–H groups in total. The standard InChI is InChI=1S/C46H44Cl2FN7O3S/c1-23-22-60-54-34(23)21-59-28-16-35(55(20-28)45(57)24-9-10-24)36-17-31-41(26-11-12-37(52-18-26)46(2,3)58)53-42-30(44(31)56(36)43-27-15-33(43)51-19-27)14-25(6-5-13-50)38(40(42)49)29-7-4-8-32(47)39(29)48/h4,7-8,11-12,14,17-18,22,24,27-28,33,35,43,51,58H,5-6,9-10,15-16,19-21H2,1-3H3. The van der Waals surface area contributed by atoms with E-state index in [1.165, 1.54) is 11.5 Å². The number of benzene rings is 2. The minimum absolute atomic E-state index is 0.00152. The third kappa shape index (κ3) is 6.69. The van der Waals surface area contributed by atoms with Crippen molar-refractivity contribution in [3.63, 3.8) is 0 Å². The van der Waals surface area contributed by atoms with Crippen LogP contribution in [0, 0.1) is 35.9 Å². The first kappa shape index (κ1) is 39.6. The Morgan fingerprint density at radius 2 is 2.00 bits per heavy atom. The van der Waals surface area contributed by atoms with Gasteiger partial charge in [-0.2, -0.15) is 9.64 Å². The molecule has 4 aromatic heterocycles. The number of hydrogen-bond acceptors (Lipinski definition) is 9. The molecule has 2 aliphatic carbocycles. The van der Waals surface area contributed by atoms with Gasteiger partial charge in [-0.25, -0.2) is 9.37 Å². The van der Waals surface area contributed by atoms with Crippen LogP contribution in [0.15, 0.2) is 54.0 Å². The molecule has 5 unspecified atom stereocenters. The molecule has 3 aliphatic heterocycles. The van der Waals surface area contributed by atoms with E-state index in [4.69, 9.17) is 32.9 Å². The number of pyridine rings is 2. The molecule has 0 spiro atoms. The molecule has 10 nitrogen and oxygen atoms in total. The van der Waals surface area contributed by atoms with Gasteiger partial charge in [-0.05, 0) is 105 Å². The van der Waals surface area contributed by atoms with E-state index in [1.54, 1.807) is 44.3 Å². The van der Waals surface area contributed by atoms with Gasteiger partial charge in [0, 0.05) is 82.6 Å². The summed E-state index contributed by atoms with van der Waals surface area (Å²) in [5.74, 6) is -0.0804. The highest BCUT2D eigenvalue weighted by Crippen LogP contribution is 2.52. The van der Waals surface area contributed by atoms with Gasteiger partial charge < -0.3 is 24.6 Å². The molecule has 5 fully saturated rings. The van der Waals surface area contributed by atoms with E-state index in [0.717, 1.165) is 53.7 Å². The Balaban J connectivity index is 1.24. The largest absolute Gasteiger partial charge is 0.384 e. The maximum atomic E-state index is 17.9. The molecular weight excluding hydrogens is 821 g/mol. The van der Waals surface area contributed by atoms with Crippen LogP contribution in [0.1, 0.15) is 86.2 Å². The van der Waals surface area contributed by atoms with Crippen molar-refractivity contribution in [1.29, 1.82) is 5.26 Å². The van der Waals surface area contributed by atoms with Crippen molar-refractivity contribution in [1.82, 2.24) is 29.1 Å². The maximum Gasteiger partial charge on any atom is 0.226 e. The number of nitrogens with zero attached hydrogens (tertiary/aromatic N) is 6. The van der Waals surface area contributed by atoms with Crippen molar-refractivity contribution < 1.29 is 19.0 Å². The van der Waals surface area contributed by atoms with Crippen molar-refractivity contribution >= 4 is 62.4 Å². The zero-order valence-electron chi connectivity index (χ0n) is 33.5. The number of carbonyl (C=O) groups is 1. The van der Waals surface area contributed by atoms with Crippen LogP contribution < -0.4 is 5.32 Å². The third-order valence-electron chi connectivity index (χ3n) is 13.0. The number of carbonyl (C=O) groups excluding carboxylic acids is 1. The fraction of sp³-hybridized carbons (Fsp3) is 0.413. The number of fused-ring (bicyclic) bond motifs is 4. The van der Waals surface area contributed by atoms with Crippen LogP contribution in [0.4, 0.5) is 4.39 Å². The summed E-state index contributed by atoms with van der Waals surface area (Å²) in [6, 6.07) is 15.1. The van der Waals surface area contributed by atoms with Crippen molar-refractivity contribution in [3.8, 4) is 28.5 Å². The second-order valence-corrected chi connectivity index (χ2v) is 18.8. The smallest absolute Gasteiger partial charge is 0.226 e. The highest BCUT2D eigenvalue weighted by atomic mass is 35.5. The number of aliphatic hydroxyl groups is 1. The summed E-state index contributed by atoms with van der Waals surface area (Å²) in [5, 5.41) is 28.2. The fourth-order valence-electron chi connectivity index (χ4n) is 9.72. The molecular formula is C46H44Cl2FN7O3S. The number of nitrogens with one attached hydrogen (secondary N) is 1. The summed E-state index contributed by atoms with van der Waals surface area (Å²) >= 11 is 14.7. The molecule has 11 rings (SSSR count). The summed E-state index contributed by atoms with van der Waals surface area (Å²) in [7, 11) is 0. The Kier molecular flexibility index (Phi) is 10.0. The van der Waals surface area contributed by atoms with Crippen LogP contribution in [0.3, 0.4) is 0 Å². The van der Waals surface area contributed by atoms with Gasteiger partial charge in [0.2, 0.25) is 5.91 Å². The van der Waals surface area contributed by atoms with Crippen LogP contribution >= 0.6 is 34.7 Å². The average Bonchev–Trinajstić information content (AvgIpc) is 3.65. The zero-order chi connectivity index (χ0) is 41.6. The van der Waals surface area contributed by atoms with Crippen molar-refractivity contribution in [3.05, 3.63) is 98.1 Å². The Hall–Kier alpha value is -4.48. The van der Waals surface area contributed by atoms with Crippen LogP contribution in [0.25, 0.3) is 44.2 Å². The Morgan fingerprint density at radius 3 is 2.67 bits per heavy atom. The molecule has 2 aromatic carbocycles. The number of aromatic nitrogens is 4. The summed E-state index contributed by atoms with van der Waals surface area (Å²) in [6.45, 7) is 7.09. The van der Waals surface area contributed by atoms with E-state index in [2.05, 4.69) is 31.4 Å². The quantitative estimate of drug-likeness (QED) is 0.132. The molecule has 3 saturated heterocycles. The van der Waals surface area contributed by atoms with E-state index in [-0.39, 0.29) is 65.0 Å². The van der Waals surface area contributed by atoms with Crippen LogP contribution in [-0.2, 0) is 28.2 Å². The van der Waals surface area contributed by atoms with Crippen molar-refractivity contribution in [2.75, 3.05) is 13.1 Å². The highest BCUT2D eigenvalue weighted by molar-refractivity contribution is 7.03. The van der Waals surface area contributed by atoms with Gasteiger partial charge >= 0.3 is 0 Å². The molecule has 2 bridgehead atoms. The predicted molar refractivity (Wildman–Crippen MR) is 231 cm³/mol. The summed E-state index contributed by atoms with van der Waals surface area (Å²) in [5.41, 5.74) is 5.75. The number of halogens is 3. The zero-order valence-corrected chi connectivity index (χ0v) is 35.8. The fourth-order valence-corrected chi connectivity index (χ4v) is 10.8. The molecule has 7 heterocycles. The Morgan fingerprint density at radius 1 is 1.17 bits per heavy atom. The van der Waals surface area contributed by atoms with E-state index >= 15 is 4.39 Å². The number of rotatable bonds is 11. The molecule has 5 aliphatic rings. The van der Waals surface area contributed by atoms with Crippen LogP contribution in [-0.4, -0.2) is 60.1 Å². The number of hydrogen-bond donors (Lipinski definition) is 2. The van der Waals surface area contributed by atoms with Gasteiger partial charge in [0.25, 0.3) is 0 Å². The lowest BCUT2D eigenvalue weighted by atomic mass is 9.79.